The van der Waals surface area contributed by atoms with Gasteiger partial charge in [-0.25, -0.2) is 0 Å². The number of nitrogens with zero attached hydrogens (tertiary/aromatic N) is 1. The van der Waals surface area contributed by atoms with E-state index in [9.17, 15) is 9.59 Å². The number of likely N-dealkylation sites (tertiary alicyclic amines) is 1. The number of benzene rings is 2. The van der Waals surface area contributed by atoms with Gasteiger partial charge in [0.15, 0.2) is 0 Å². The summed E-state index contributed by atoms with van der Waals surface area (Å²) < 4.78 is 0. The van der Waals surface area contributed by atoms with Crippen molar-refractivity contribution < 1.29 is 9.59 Å². The van der Waals surface area contributed by atoms with Crippen LogP contribution in [0.2, 0.25) is 0 Å². The van der Waals surface area contributed by atoms with Crippen molar-refractivity contribution in [1.82, 2.24) is 10.2 Å². The highest BCUT2D eigenvalue weighted by Gasteiger charge is 2.22. The fourth-order valence-corrected chi connectivity index (χ4v) is 4.17. The second-order valence-electron chi connectivity index (χ2n) is 7.40. The summed E-state index contributed by atoms with van der Waals surface area (Å²) in [6, 6.07) is 15.7. The lowest BCUT2D eigenvalue weighted by molar-refractivity contribution is -0.116. The summed E-state index contributed by atoms with van der Waals surface area (Å²) in [6.07, 6.45) is 4.30. The number of aryl methyl sites for hydroxylation is 1. The molecule has 1 aliphatic rings. The van der Waals surface area contributed by atoms with Crippen molar-refractivity contribution >= 4 is 29.3 Å². The zero-order chi connectivity index (χ0) is 20.6. The third-order valence-corrected chi connectivity index (χ3v) is 6.14. The Morgan fingerprint density at radius 2 is 1.76 bits per heavy atom. The first kappa shape index (κ1) is 21.4. The standard InChI is InChI=1S/C23H29N3O2S/c1-17-7-3-4-8-19(17)23(28)24-18-11-14-26(15-12-18)16-13-22(27)25-20-9-5-6-10-21(20)29-2/h3-10,18H,11-16H2,1-2H3,(H,24,28)(H,25,27). The maximum Gasteiger partial charge on any atom is 0.251 e. The summed E-state index contributed by atoms with van der Waals surface area (Å²) >= 11 is 1.63. The summed E-state index contributed by atoms with van der Waals surface area (Å²) in [5, 5.41) is 6.18. The maximum absolute atomic E-state index is 12.5. The van der Waals surface area contributed by atoms with Crippen LogP contribution in [-0.2, 0) is 4.79 Å². The van der Waals surface area contributed by atoms with Crippen LogP contribution in [0.3, 0.4) is 0 Å². The van der Waals surface area contributed by atoms with Crippen LogP contribution in [0.15, 0.2) is 53.4 Å². The van der Waals surface area contributed by atoms with Crippen LogP contribution in [0, 0.1) is 6.92 Å². The molecule has 0 spiro atoms. The molecule has 3 rings (SSSR count). The van der Waals surface area contributed by atoms with Crippen LogP contribution in [-0.4, -0.2) is 48.6 Å². The van der Waals surface area contributed by atoms with Gasteiger partial charge in [-0.3, -0.25) is 9.59 Å². The fourth-order valence-electron chi connectivity index (χ4n) is 3.61. The van der Waals surface area contributed by atoms with Gasteiger partial charge in [-0.15, -0.1) is 11.8 Å². The monoisotopic (exact) mass is 411 g/mol. The Labute approximate surface area is 177 Å². The van der Waals surface area contributed by atoms with E-state index >= 15 is 0 Å². The van der Waals surface area contributed by atoms with Crippen molar-refractivity contribution in [1.29, 1.82) is 0 Å². The molecule has 0 bridgehead atoms. The van der Waals surface area contributed by atoms with E-state index in [4.69, 9.17) is 0 Å². The molecular weight excluding hydrogens is 382 g/mol. The molecule has 2 amide bonds. The molecular formula is C23H29N3O2S. The Balaban J connectivity index is 1.40. The minimum Gasteiger partial charge on any atom is -0.349 e. The Morgan fingerprint density at radius 3 is 2.48 bits per heavy atom. The number of anilines is 1. The van der Waals surface area contributed by atoms with Crippen LogP contribution in [0.1, 0.15) is 35.2 Å². The van der Waals surface area contributed by atoms with Crippen LogP contribution < -0.4 is 10.6 Å². The van der Waals surface area contributed by atoms with Gasteiger partial charge in [0.1, 0.15) is 0 Å². The minimum absolute atomic E-state index is 0.00777. The zero-order valence-corrected chi connectivity index (χ0v) is 17.9. The van der Waals surface area contributed by atoms with Gasteiger partial charge in [0, 0.05) is 42.6 Å². The second kappa shape index (κ2) is 10.5. The van der Waals surface area contributed by atoms with E-state index in [0.29, 0.717) is 6.42 Å². The predicted octanol–water partition coefficient (Wildman–Crippen LogP) is 3.94. The Hall–Kier alpha value is -2.31. The highest BCUT2D eigenvalue weighted by molar-refractivity contribution is 7.98. The van der Waals surface area contributed by atoms with Crippen molar-refractivity contribution in [2.75, 3.05) is 31.2 Å². The Kier molecular flexibility index (Phi) is 7.72. The van der Waals surface area contributed by atoms with E-state index in [1.165, 1.54) is 0 Å². The van der Waals surface area contributed by atoms with Crippen LogP contribution in [0.5, 0.6) is 0 Å². The van der Waals surface area contributed by atoms with E-state index in [1.54, 1.807) is 11.8 Å². The first-order valence-corrected chi connectivity index (χ1v) is 11.3. The van der Waals surface area contributed by atoms with E-state index in [-0.39, 0.29) is 17.9 Å². The molecule has 2 N–H and O–H groups in total. The number of amides is 2. The lowest BCUT2D eigenvalue weighted by Gasteiger charge is -2.32. The number of carbonyl (C=O) groups excluding carboxylic acids is 2. The average Bonchev–Trinajstić information content (AvgIpc) is 2.74. The van der Waals surface area contributed by atoms with E-state index in [1.807, 2.05) is 61.7 Å². The smallest absolute Gasteiger partial charge is 0.251 e. The number of hydrogen-bond acceptors (Lipinski definition) is 4. The lowest BCUT2D eigenvalue weighted by Crippen LogP contribution is -2.45. The molecule has 1 fully saturated rings. The largest absolute Gasteiger partial charge is 0.349 e. The van der Waals surface area contributed by atoms with Crippen molar-refractivity contribution in [3.63, 3.8) is 0 Å². The van der Waals surface area contributed by atoms with Gasteiger partial charge in [-0.1, -0.05) is 30.3 Å². The molecule has 0 saturated carbocycles. The maximum atomic E-state index is 12.5. The zero-order valence-electron chi connectivity index (χ0n) is 17.1. The van der Waals surface area contributed by atoms with E-state index in [0.717, 1.165) is 54.2 Å². The molecule has 6 heteroatoms. The second-order valence-corrected chi connectivity index (χ2v) is 8.25. The van der Waals surface area contributed by atoms with Gasteiger partial charge in [-0.05, 0) is 49.8 Å². The predicted molar refractivity (Wildman–Crippen MR) is 120 cm³/mol. The van der Waals surface area contributed by atoms with Gasteiger partial charge >= 0.3 is 0 Å². The highest BCUT2D eigenvalue weighted by atomic mass is 32.2. The number of piperidine rings is 1. The van der Waals surface area contributed by atoms with Crippen molar-refractivity contribution in [3.05, 3.63) is 59.7 Å². The molecule has 0 radical (unpaired) electrons. The summed E-state index contributed by atoms with van der Waals surface area (Å²) in [6.45, 7) is 4.49. The number of thioether (sulfide) groups is 1. The first-order valence-electron chi connectivity index (χ1n) is 10.1. The van der Waals surface area contributed by atoms with E-state index in [2.05, 4.69) is 15.5 Å². The summed E-state index contributed by atoms with van der Waals surface area (Å²) in [7, 11) is 0. The first-order chi connectivity index (χ1) is 14.1. The Bertz CT molecular complexity index is 848. The van der Waals surface area contributed by atoms with E-state index < -0.39 is 0 Å². The molecule has 1 saturated heterocycles. The average molecular weight is 412 g/mol. The SMILES string of the molecule is CSc1ccccc1NC(=O)CCN1CCC(NC(=O)c2ccccc2C)CC1. The van der Waals surface area contributed by atoms with Gasteiger partial charge in [0.05, 0.1) is 5.69 Å². The van der Waals surface area contributed by atoms with Gasteiger partial charge in [-0.2, -0.15) is 0 Å². The number of rotatable bonds is 7. The molecule has 5 nitrogen and oxygen atoms in total. The highest BCUT2D eigenvalue weighted by Crippen LogP contribution is 2.24. The molecule has 1 aliphatic heterocycles. The van der Waals surface area contributed by atoms with Gasteiger partial charge in [0.2, 0.25) is 5.91 Å². The quantitative estimate of drug-likeness (QED) is 0.678. The molecule has 0 aromatic heterocycles. The minimum atomic E-state index is 0.00777. The third kappa shape index (κ3) is 6.08. The molecule has 0 atom stereocenters. The van der Waals surface area contributed by atoms with Crippen LogP contribution in [0.4, 0.5) is 5.69 Å². The molecule has 0 aliphatic carbocycles. The van der Waals surface area contributed by atoms with Crippen LogP contribution >= 0.6 is 11.8 Å². The summed E-state index contributed by atoms with van der Waals surface area (Å²) in [4.78, 5) is 28.2. The van der Waals surface area contributed by atoms with Crippen LogP contribution in [0.25, 0.3) is 0 Å². The topological polar surface area (TPSA) is 61.4 Å². The molecule has 2 aromatic carbocycles. The molecule has 29 heavy (non-hydrogen) atoms. The van der Waals surface area contributed by atoms with Crippen molar-refractivity contribution in [2.45, 2.75) is 37.1 Å². The molecule has 2 aromatic rings. The normalized spacial score (nSPS) is 15.1. The van der Waals surface area contributed by atoms with Gasteiger partial charge in [0.25, 0.3) is 5.91 Å². The molecule has 154 valence electrons. The molecule has 1 heterocycles. The van der Waals surface area contributed by atoms with Crippen molar-refractivity contribution in [3.8, 4) is 0 Å². The summed E-state index contributed by atoms with van der Waals surface area (Å²) in [5.74, 6) is 0.0508. The number of hydrogen-bond donors (Lipinski definition) is 2. The Morgan fingerprint density at radius 1 is 1.07 bits per heavy atom. The number of para-hydroxylation sites is 1. The third-order valence-electron chi connectivity index (χ3n) is 5.35. The molecule has 0 unspecified atom stereocenters. The lowest BCUT2D eigenvalue weighted by atomic mass is 10.0. The number of nitrogens with one attached hydrogen (secondary N) is 2. The fraction of sp³-hybridized carbons (Fsp3) is 0.391. The van der Waals surface area contributed by atoms with Gasteiger partial charge < -0.3 is 15.5 Å². The summed E-state index contributed by atoms with van der Waals surface area (Å²) in [5.41, 5.74) is 2.62. The van der Waals surface area contributed by atoms with Crippen molar-refractivity contribution in [2.24, 2.45) is 0 Å². The number of carbonyl (C=O) groups is 2.